The van der Waals surface area contributed by atoms with Crippen LogP contribution in [0.4, 0.5) is 5.82 Å². The number of tetrazole rings is 1. The molecular formula is C21H25N7O. The van der Waals surface area contributed by atoms with E-state index in [0.717, 1.165) is 24.5 Å². The quantitative estimate of drug-likeness (QED) is 0.664. The second kappa shape index (κ2) is 8.38. The minimum atomic E-state index is -0.471. The summed E-state index contributed by atoms with van der Waals surface area (Å²) in [5, 5.41) is 12.9. The number of amides is 1. The van der Waals surface area contributed by atoms with Gasteiger partial charge in [-0.1, -0.05) is 50.2 Å². The van der Waals surface area contributed by atoms with E-state index in [1.807, 2.05) is 67.3 Å². The Balaban J connectivity index is 1.47. The Morgan fingerprint density at radius 3 is 2.34 bits per heavy atom. The molecule has 150 valence electrons. The highest BCUT2D eigenvalue weighted by Crippen LogP contribution is 2.22. The number of carbonyl (C=O) groups is 1. The molecule has 3 aromatic rings. The molecule has 4 rings (SSSR count). The van der Waals surface area contributed by atoms with Crippen molar-refractivity contribution in [3.8, 4) is 11.4 Å². The van der Waals surface area contributed by atoms with Gasteiger partial charge in [0.1, 0.15) is 5.82 Å². The number of hydrogen-bond acceptors (Lipinski definition) is 6. The number of rotatable bonds is 5. The van der Waals surface area contributed by atoms with Crippen LogP contribution in [0.1, 0.15) is 19.9 Å². The van der Waals surface area contributed by atoms with Crippen molar-refractivity contribution in [2.45, 2.75) is 19.9 Å². The molecule has 0 bridgehead atoms. The number of aromatic nitrogens is 5. The number of carbonyl (C=O) groups excluding carboxylic acids is 1. The normalized spacial score (nSPS) is 15.6. The summed E-state index contributed by atoms with van der Waals surface area (Å²) in [4.78, 5) is 23.3. The van der Waals surface area contributed by atoms with Crippen LogP contribution in [0, 0.1) is 5.92 Å². The van der Waals surface area contributed by atoms with Crippen molar-refractivity contribution < 1.29 is 4.79 Å². The first-order chi connectivity index (χ1) is 14.1. The third-order valence-electron chi connectivity index (χ3n) is 5.16. The lowest BCUT2D eigenvalue weighted by Gasteiger charge is -2.37. The number of pyridine rings is 1. The van der Waals surface area contributed by atoms with Gasteiger partial charge in [-0.15, -0.1) is 10.2 Å². The van der Waals surface area contributed by atoms with Crippen LogP contribution in [-0.4, -0.2) is 62.2 Å². The molecule has 1 saturated heterocycles. The van der Waals surface area contributed by atoms with Crippen LogP contribution in [0.3, 0.4) is 0 Å². The van der Waals surface area contributed by atoms with E-state index < -0.39 is 6.04 Å². The monoisotopic (exact) mass is 391 g/mol. The second-order valence-corrected chi connectivity index (χ2v) is 7.49. The van der Waals surface area contributed by atoms with Crippen molar-refractivity contribution in [3.63, 3.8) is 0 Å². The molecule has 0 aliphatic carbocycles. The molecule has 0 N–H and O–H groups in total. The van der Waals surface area contributed by atoms with E-state index in [1.54, 1.807) is 6.20 Å². The van der Waals surface area contributed by atoms with Crippen molar-refractivity contribution in [1.82, 2.24) is 30.1 Å². The van der Waals surface area contributed by atoms with Crippen LogP contribution >= 0.6 is 0 Å². The highest BCUT2D eigenvalue weighted by atomic mass is 16.2. The molecular weight excluding hydrogens is 366 g/mol. The molecule has 1 aliphatic heterocycles. The molecule has 1 aliphatic rings. The molecule has 29 heavy (non-hydrogen) atoms. The lowest BCUT2D eigenvalue weighted by atomic mass is 10.0. The van der Waals surface area contributed by atoms with Gasteiger partial charge in [-0.3, -0.25) is 4.79 Å². The summed E-state index contributed by atoms with van der Waals surface area (Å²) in [6, 6.07) is 15.1. The highest BCUT2D eigenvalue weighted by Gasteiger charge is 2.33. The largest absolute Gasteiger partial charge is 0.353 e. The first kappa shape index (κ1) is 19.0. The van der Waals surface area contributed by atoms with Gasteiger partial charge in [0.25, 0.3) is 0 Å². The number of hydrogen-bond donors (Lipinski definition) is 0. The van der Waals surface area contributed by atoms with Crippen LogP contribution in [0.5, 0.6) is 0 Å². The summed E-state index contributed by atoms with van der Waals surface area (Å²) in [7, 11) is 0. The van der Waals surface area contributed by atoms with Gasteiger partial charge in [0.2, 0.25) is 11.7 Å². The average molecular weight is 391 g/mol. The molecule has 0 radical (unpaired) electrons. The van der Waals surface area contributed by atoms with Gasteiger partial charge in [-0.2, -0.15) is 4.80 Å². The smallest absolute Gasteiger partial charge is 0.249 e. The van der Waals surface area contributed by atoms with Crippen molar-refractivity contribution in [1.29, 1.82) is 0 Å². The van der Waals surface area contributed by atoms with Gasteiger partial charge in [0, 0.05) is 37.9 Å². The van der Waals surface area contributed by atoms with Crippen LogP contribution in [-0.2, 0) is 4.79 Å². The van der Waals surface area contributed by atoms with Gasteiger partial charge < -0.3 is 9.80 Å². The zero-order valence-electron chi connectivity index (χ0n) is 16.7. The zero-order valence-corrected chi connectivity index (χ0v) is 16.7. The predicted octanol–water partition coefficient (Wildman–Crippen LogP) is 2.28. The van der Waals surface area contributed by atoms with Gasteiger partial charge in [-0.25, -0.2) is 4.98 Å². The van der Waals surface area contributed by atoms with Gasteiger partial charge in [-0.05, 0) is 23.3 Å². The Hall–Kier alpha value is -3.29. The first-order valence-electron chi connectivity index (χ1n) is 9.93. The minimum Gasteiger partial charge on any atom is -0.353 e. The SMILES string of the molecule is CC(C)C(C(=O)N1CCN(c2ccccn2)CC1)n1nnc(-c2ccccc2)n1. The van der Waals surface area contributed by atoms with E-state index in [4.69, 9.17) is 0 Å². The highest BCUT2D eigenvalue weighted by molar-refractivity contribution is 5.80. The van der Waals surface area contributed by atoms with E-state index in [2.05, 4.69) is 25.3 Å². The summed E-state index contributed by atoms with van der Waals surface area (Å²) in [5.74, 6) is 1.57. The summed E-state index contributed by atoms with van der Waals surface area (Å²) in [6.07, 6.45) is 1.79. The fraction of sp³-hybridized carbons (Fsp3) is 0.381. The minimum absolute atomic E-state index is 0.0395. The van der Waals surface area contributed by atoms with Gasteiger partial charge in [0.15, 0.2) is 6.04 Å². The molecule has 1 amide bonds. The van der Waals surface area contributed by atoms with E-state index in [0.29, 0.717) is 18.9 Å². The standard InChI is InChI=1S/C21H25N7O/c1-16(2)19(28-24-20(23-25-28)17-8-4-3-5-9-17)21(29)27-14-12-26(13-15-27)18-10-6-7-11-22-18/h3-11,16,19H,12-15H2,1-2H3. The molecule has 8 heteroatoms. The van der Waals surface area contributed by atoms with Crippen LogP contribution < -0.4 is 4.90 Å². The van der Waals surface area contributed by atoms with Gasteiger partial charge in [0.05, 0.1) is 0 Å². The summed E-state index contributed by atoms with van der Waals surface area (Å²) in [6.45, 7) is 6.84. The Morgan fingerprint density at radius 2 is 1.69 bits per heavy atom. The molecule has 0 spiro atoms. The predicted molar refractivity (Wildman–Crippen MR) is 110 cm³/mol. The van der Waals surface area contributed by atoms with Crippen molar-refractivity contribution in [2.24, 2.45) is 5.92 Å². The zero-order chi connectivity index (χ0) is 20.2. The molecule has 8 nitrogen and oxygen atoms in total. The number of piperazine rings is 1. The Bertz CT molecular complexity index is 934. The van der Waals surface area contributed by atoms with E-state index in [-0.39, 0.29) is 11.8 Å². The molecule has 2 aromatic heterocycles. The maximum Gasteiger partial charge on any atom is 0.249 e. The van der Waals surface area contributed by atoms with Crippen LogP contribution in [0.25, 0.3) is 11.4 Å². The fourth-order valence-corrected chi connectivity index (χ4v) is 3.58. The van der Waals surface area contributed by atoms with Crippen LogP contribution in [0.15, 0.2) is 54.7 Å². The van der Waals surface area contributed by atoms with E-state index in [9.17, 15) is 4.79 Å². The lowest BCUT2D eigenvalue weighted by molar-refractivity contribution is -0.137. The molecule has 1 fully saturated rings. The fourth-order valence-electron chi connectivity index (χ4n) is 3.58. The van der Waals surface area contributed by atoms with E-state index in [1.165, 1.54) is 4.80 Å². The number of anilines is 1. The van der Waals surface area contributed by atoms with Gasteiger partial charge >= 0.3 is 0 Å². The average Bonchev–Trinajstić information content (AvgIpc) is 3.24. The van der Waals surface area contributed by atoms with Crippen molar-refractivity contribution in [2.75, 3.05) is 31.1 Å². The summed E-state index contributed by atoms with van der Waals surface area (Å²) < 4.78 is 0. The Labute approximate surface area is 170 Å². The topological polar surface area (TPSA) is 80.0 Å². The third kappa shape index (κ3) is 4.11. The molecule has 1 unspecified atom stereocenters. The third-order valence-corrected chi connectivity index (χ3v) is 5.16. The van der Waals surface area contributed by atoms with Crippen molar-refractivity contribution in [3.05, 3.63) is 54.7 Å². The summed E-state index contributed by atoms with van der Waals surface area (Å²) in [5.41, 5.74) is 0.887. The van der Waals surface area contributed by atoms with Crippen LogP contribution in [0.2, 0.25) is 0 Å². The molecule has 1 aromatic carbocycles. The molecule has 3 heterocycles. The maximum atomic E-state index is 13.3. The van der Waals surface area contributed by atoms with Crippen molar-refractivity contribution >= 4 is 11.7 Å². The Kier molecular flexibility index (Phi) is 5.50. The molecule has 0 saturated carbocycles. The summed E-state index contributed by atoms with van der Waals surface area (Å²) >= 11 is 0. The number of nitrogens with zero attached hydrogens (tertiary/aromatic N) is 7. The number of benzene rings is 1. The Morgan fingerprint density at radius 1 is 0.966 bits per heavy atom. The second-order valence-electron chi connectivity index (χ2n) is 7.49. The lowest BCUT2D eigenvalue weighted by Crippen LogP contribution is -2.51. The maximum absolute atomic E-state index is 13.3. The van der Waals surface area contributed by atoms with E-state index >= 15 is 0 Å². The first-order valence-corrected chi connectivity index (χ1v) is 9.93. The molecule has 1 atom stereocenters.